The molecule has 25 heavy (non-hydrogen) atoms. The Bertz CT molecular complexity index is 488. The summed E-state index contributed by atoms with van der Waals surface area (Å²) >= 11 is 3.86. The molecule has 7 N–H and O–H groups in total. The Morgan fingerprint density at radius 2 is 1.52 bits per heavy atom. The number of amides is 3. The molecule has 0 aliphatic carbocycles. The van der Waals surface area contributed by atoms with Crippen LogP contribution in [0.5, 0.6) is 0 Å². The molecule has 0 fully saturated rings. The molecule has 11 heteroatoms. The van der Waals surface area contributed by atoms with E-state index in [0.29, 0.717) is 0 Å². The van der Waals surface area contributed by atoms with Gasteiger partial charge in [-0.25, -0.2) is 4.79 Å². The Morgan fingerprint density at radius 3 is 1.92 bits per heavy atom. The zero-order chi connectivity index (χ0) is 19.6. The molecule has 3 amide bonds. The third-order valence-corrected chi connectivity index (χ3v) is 3.52. The van der Waals surface area contributed by atoms with Gasteiger partial charge in [0.2, 0.25) is 17.7 Å². The van der Waals surface area contributed by atoms with Crippen LogP contribution >= 0.6 is 12.6 Å². The molecule has 0 radical (unpaired) electrons. The van der Waals surface area contributed by atoms with Crippen LogP contribution in [-0.2, 0) is 19.2 Å². The fourth-order valence-electron chi connectivity index (χ4n) is 1.88. The topological polar surface area (TPSA) is 171 Å². The second-order valence-electron chi connectivity index (χ2n) is 5.78. The van der Waals surface area contributed by atoms with Crippen LogP contribution in [0.4, 0.5) is 0 Å². The molecule has 10 nitrogen and oxygen atoms in total. The van der Waals surface area contributed by atoms with Crippen LogP contribution in [0.25, 0.3) is 0 Å². The van der Waals surface area contributed by atoms with Gasteiger partial charge in [0.25, 0.3) is 0 Å². The molecule has 0 saturated heterocycles. The average Bonchev–Trinajstić information content (AvgIpc) is 2.55. The Balaban J connectivity index is 5.07. The Labute approximate surface area is 151 Å². The SMILES string of the molecule is CC(C)CC(NC(=O)C(CO)NC(=O)CN)C(=O)NC(CS)C(=O)O. The molecule has 0 aliphatic rings. The van der Waals surface area contributed by atoms with E-state index in [1.165, 1.54) is 0 Å². The molecule has 0 rings (SSSR count). The van der Waals surface area contributed by atoms with Gasteiger partial charge in [-0.3, -0.25) is 14.4 Å². The van der Waals surface area contributed by atoms with Crippen molar-refractivity contribution in [2.75, 3.05) is 18.9 Å². The molecule has 0 bridgehead atoms. The highest BCUT2D eigenvalue weighted by atomic mass is 32.1. The molecule has 3 unspecified atom stereocenters. The van der Waals surface area contributed by atoms with Crippen molar-refractivity contribution >= 4 is 36.3 Å². The summed E-state index contributed by atoms with van der Waals surface area (Å²) in [5.74, 6) is -3.45. The van der Waals surface area contributed by atoms with Crippen LogP contribution in [0.1, 0.15) is 20.3 Å². The van der Waals surface area contributed by atoms with Crippen LogP contribution in [0, 0.1) is 5.92 Å². The van der Waals surface area contributed by atoms with Crippen molar-refractivity contribution in [2.45, 2.75) is 38.4 Å². The molecule has 0 aliphatic heterocycles. The Kier molecular flexibility index (Phi) is 10.8. The van der Waals surface area contributed by atoms with Crippen LogP contribution in [-0.4, -0.2) is 70.9 Å². The van der Waals surface area contributed by atoms with Gasteiger partial charge in [0.15, 0.2) is 0 Å². The van der Waals surface area contributed by atoms with Gasteiger partial charge < -0.3 is 31.9 Å². The van der Waals surface area contributed by atoms with Crippen molar-refractivity contribution in [2.24, 2.45) is 11.7 Å². The number of thiol groups is 1. The number of nitrogens with one attached hydrogen (secondary N) is 3. The average molecular weight is 378 g/mol. The molecule has 0 spiro atoms. The van der Waals surface area contributed by atoms with E-state index < -0.39 is 48.4 Å². The minimum Gasteiger partial charge on any atom is -0.480 e. The second-order valence-corrected chi connectivity index (χ2v) is 6.14. The summed E-state index contributed by atoms with van der Waals surface area (Å²) in [5, 5.41) is 25.1. The van der Waals surface area contributed by atoms with Crippen molar-refractivity contribution in [1.82, 2.24) is 16.0 Å². The summed E-state index contributed by atoms with van der Waals surface area (Å²) in [6.45, 7) is 2.60. The number of aliphatic hydroxyl groups excluding tert-OH is 1. The van der Waals surface area contributed by atoms with Gasteiger partial charge in [0.1, 0.15) is 18.1 Å². The lowest BCUT2D eigenvalue weighted by molar-refractivity contribution is -0.141. The first-order valence-corrected chi connectivity index (χ1v) is 8.34. The van der Waals surface area contributed by atoms with Crippen molar-refractivity contribution in [3.63, 3.8) is 0 Å². The van der Waals surface area contributed by atoms with Gasteiger partial charge in [0.05, 0.1) is 13.2 Å². The quantitative estimate of drug-likeness (QED) is 0.194. The zero-order valence-electron chi connectivity index (χ0n) is 14.2. The molecule has 144 valence electrons. The molecule has 3 atom stereocenters. The number of carbonyl (C=O) groups is 4. The number of hydrogen-bond donors (Lipinski definition) is 7. The number of carboxylic acid groups (broad SMARTS) is 1. The molecular formula is C14H26N4O6S. The minimum atomic E-state index is -1.27. The van der Waals surface area contributed by atoms with E-state index >= 15 is 0 Å². The highest BCUT2D eigenvalue weighted by molar-refractivity contribution is 7.80. The van der Waals surface area contributed by atoms with Crippen molar-refractivity contribution in [3.8, 4) is 0 Å². The lowest BCUT2D eigenvalue weighted by Crippen LogP contribution is -2.57. The van der Waals surface area contributed by atoms with Gasteiger partial charge >= 0.3 is 5.97 Å². The molecular weight excluding hydrogens is 352 g/mol. The first kappa shape index (κ1) is 23.1. The van der Waals surface area contributed by atoms with E-state index in [2.05, 4.69) is 28.6 Å². The van der Waals surface area contributed by atoms with Gasteiger partial charge in [-0.05, 0) is 12.3 Å². The van der Waals surface area contributed by atoms with Crippen molar-refractivity contribution in [3.05, 3.63) is 0 Å². The fourth-order valence-corrected chi connectivity index (χ4v) is 2.13. The summed E-state index contributed by atoms with van der Waals surface area (Å²) in [6, 6.07) is -3.50. The summed E-state index contributed by atoms with van der Waals surface area (Å²) < 4.78 is 0. The number of hydrogen-bond acceptors (Lipinski definition) is 7. The summed E-state index contributed by atoms with van der Waals surface area (Å²) in [6.07, 6.45) is 0.236. The Hall–Kier alpha value is -1.85. The van der Waals surface area contributed by atoms with E-state index in [1.807, 2.05) is 13.8 Å². The number of aliphatic carboxylic acids is 1. The first-order chi connectivity index (χ1) is 11.7. The predicted octanol–water partition coefficient (Wildman–Crippen LogP) is -2.55. The largest absolute Gasteiger partial charge is 0.480 e. The van der Waals surface area contributed by atoms with Gasteiger partial charge in [-0.2, -0.15) is 12.6 Å². The summed E-state index contributed by atoms with van der Waals surface area (Å²) in [4.78, 5) is 46.7. The molecule has 0 aromatic rings. The summed E-state index contributed by atoms with van der Waals surface area (Å²) in [5.41, 5.74) is 5.14. The Morgan fingerprint density at radius 1 is 1.00 bits per heavy atom. The first-order valence-electron chi connectivity index (χ1n) is 7.70. The smallest absolute Gasteiger partial charge is 0.327 e. The molecule has 0 aromatic heterocycles. The second kappa shape index (κ2) is 11.7. The van der Waals surface area contributed by atoms with Gasteiger partial charge in [-0.15, -0.1) is 0 Å². The van der Waals surface area contributed by atoms with E-state index in [0.717, 1.165) is 0 Å². The number of nitrogens with two attached hydrogens (primary N) is 1. The van der Waals surface area contributed by atoms with E-state index in [-0.39, 0.29) is 24.6 Å². The molecule has 0 aromatic carbocycles. The van der Waals surface area contributed by atoms with Crippen LogP contribution in [0.2, 0.25) is 0 Å². The predicted molar refractivity (Wildman–Crippen MR) is 92.9 cm³/mol. The maximum absolute atomic E-state index is 12.3. The number of rotatable bonds is 11. The maximum atomic E-state index is 12.3. The number of carbonyl (C=O) groups excluding carboxylic acids is 3. The number of aliphatic hydroxyl groups is 1. The maximum Gasteiger partial charge on any atom is 0.327 e. The highest BCUT2D eigenvalue weighted by Crippen LogP contribution is 2.06. The van der Waals surface area contributed by atoms with Crippen molar-refractivity contribution < 1.29 is 29.4 Å². The van der Waals surface area contributed by atoms with Gasteiger partial charge in [0, 0.05) is 5.75 Å². The zero-order valence-corrected chi connectivity index (χ0v) is 15.1. The van der Waals surface area contributed by atoms with Crippen LogP contribution in [0.3, 0.4) is 0 Å². The van der Waals surface area contributed by atoms with Gasteiger partial charge in [-0.1, -0.05) is 13.8 Å². The van der Waals surface area contributed by atoms with Crippen molar-refractivity contribution in [1.29, 1.82) is 0 Å². The fraction of sp³-hybridized carbons (Fsp3) is 0.714. The monoisotopic (exact) mass is 378 g/mol. The third kappa shape index (κ3) is 8.70. The minimum absolute atomic E-state index is 0.0153. The van der Waals surface area contributed by atoms with E-state index in [9.17, 15) is 24.3 Å². The lowest BCUT2D eigenvalue weighted by Gasteiger charge is -2.24. The molecule has 0 saturated carbocycles. The lowest BCUT2D eigenvalue weighted by atomic mass is 10.0. The van der Waals surface area contributed by atoms with E-state index in [4.69, 9.17) is 10.8 Å². The summed E-state index contributed by atoms with van der Waals surface area (Å²) in [7, 11) is 0. The van der Waals surface area contributed by atoms with E-state index in [1.54, 1.807) is 0 Å². The number of carboxylic acids is 1. The third-order valence-electron chi connectivity index (χ3n) is 3.16. The standard InChI is InChI=1S/C14H26N4O6S/c1-7(2)3-8(12(21)18-10(6-25)14(23)24)17-13(22)9(5-19)16-11(20)4-15/h7-10,19,25H,3-6,15H2,1-2H3,(H,16,20)(H,17,22)(H,18,21)(H,23,24). The highest BCUT2D eigenvalue weighted by Gasteiger charge is 2.29. The van der Waals surface area contributed by atoms with Crippen LogP contribution in [0.15, 0.2) is 0 Å². The normalized spacial score (nSPS) is 14.3. The van der Waals surface area contributed by atoms with Crippen LogP contribution < -0.4 is 21.7 Å². The molecule has 0 heterocycles.